The lowest BCUT2D eigenvalue weighted by Crippen LogP contribution is -2.52. The second-order valence-electron chi connectivity index (χ2n) is 4.62. The van der Waals surface area contributed by atoms with Gasteiger partial charge in [0.1, 0.15) is 0 Å². The molecule has 1 heterocycles. The quantitative estimate of drug-likeness (QED) is 0.794. The Morgan fingerprint density at radius 3 is 2.00 bits per heavy atom. The van der Waals surface area contributed by atoms with Gasteiger partial charge in [0.05, 0.1) is 0 Å². The van der Waals surface area contributed by atoms with Crippen molar-refractivity contribution in [1.82, 2.24) is 0 Å². The Morgan fingerprint density at radius 2 is 1.50 bits per heavy atom. The zero-order valence-electron chi connectivity index (χ0n) is 9.64. The third-order valence-electron chi connectivity index (χ3n) is 2.50. The predicted molar refractivity (Wildman–Crippen MR) is 54.8 cm³/mol. The summed E-state index contributed by atoms with van der Waals surface area (Å²) >= 11 is 0. The van der Waals surface area contributed by atoms with Gasteiger partial charge < -0.3 is 15.2 Å². The van der Waals surface area contributed by atoms with Crippen LogP contribution in [0.3, 0.4) is 0 Å². The number of fused-ring (bicyclic) bond motifs is 1. The molecule has 2 N–H and O–H groups in total. The zero-order chi connectivity index (χ0) is 13.8. The Kier molecular flexibility index (Phi) is 2.52. The number of halogens is 4. The molecule has 0 aliphatic carbocycles. The van der Waals surface area contributed by atoms with Crippen LogP contribution in [0.2, 0.25) is 0 Å². The van der Waals surface area contributed by atoms with E-state index in [0.717, 1.165) is 6.07 Å². The van der Waals surface area contributed by atoms with Gasteiger partial charge in [0.25, 0.3) is 0 Å². The van der Waals surface area contributed by atoms with Crippen molar-refractivity contribution in [1.29, 1.82) is 0 Å². The van der Waals surface area contributed by atoms with Gasteiger partial charge in [0, 0.05) is 5.54 Å². The van der Waals surface area contributed by atoms with Crippen molar-refractivity contribution in [3.63, 3.8) is 0 Å². The van der Waals surface area contributed by atoms with Crippen LogP contribution in [0.4, 0.5) is 17.6 Å². The number of hydrogen-bond acceptors (Lipinski definition) is 3. The second kappa shape index (κ2) is 3.50. The van der Waals surface area contributed by atoms with Gasteiger partial charge in [-0.2, -0.15) is 17.6 Å². The van der Waals surface area contributed by atoms with Crippen LogP contribution in [0.25, 0.3) is 0 Å². The number of alkyl halides is 4. The summed E-state index contributed by atoms with van der Waals surface area (Å²) in [6, 6.07) is 3.71. The topological polar surface area (TPSA) is 44.5 Å². The summed E-state index contributed by atoms with van der Waals surface area (Å²) in [5.74, 6) is -0.902. The molecule has 1 aliphatic rings. The molecule has 0 amide bonds. The third-order valence-corrected chi connectivity index (χ3v) is 2.50. The SMILES string of the molecule is CC(C)(N)c1ccc2c(c1)OC(F)(F)C(F)(F)O2. The zero-order valence-corrected chi connectivity index (χ0v) is 9.64. The Labute approximate surface area is 100 Å². The summed E-state index contributed by atoms with van der Waals surface area (Å²) in [4.78, 5) is 0. The fourth-order valence-electron chi connectivity index (χ4n) is 1.47. The van der Waals surface area contributed by atoms with Crippen molar-refractivity contribution >= 4 is 0 Å². The van der Waals surface area contributed by atoms with E-state index in [4.69, 9.17) is 5.73 Å². The van der Waals surface area contributed by atoms with Gasteiger partial charge in [-0.25, -0.2) is 0 Å². The predicted octanol–water partition coefficient (Wildman–Crippen LogP) is 2.84. The lowest BCUT2D eigenvalue weighted by atomic mass is 9.95. The molecule has 0 unspecified atom stereocenters. The molecule has 100 valence electrons. The Bertz CT molecular complexity index is 482. The lowest BCUT2D eigenvalue weighted by Gasteiger charge is -2.32. The van der Waals surface area contributed by atoms with Crippen molar-refractivity contribution < 1.29 is 27.0 Å². The summed E-state index contributed by atoms with van der Waals surface area (Å²) in [6.45, 7) is 3.29. The first-order chi connectivity index (χ1) is 8.03. The van der Waals surface area contributed by atoms with Gasteiger partial charge in [0.2, 0.25) is 0 Å². The minimum absolute atomic E-state index is 0.445. The highest BCUT2D eigenvalue weighted by Crippen LogP contribution is 2.47. The number of rotatable bonds is 1. The molecule has 18 heavy (non-hydrogen) atoms. The molecule has 0 atom stereocenters. The van der Waals surface area contributed by atoms with Gasteiger partial charge in [-0.1, -0.05) is 6.07 Å². The molecule has 0 fully saturated rings. The van der Waals surface area contributed by atoms with E-state index in [-0.39, 0.29) is 0 Å². The first kappa shape index (κ1) is 12.9. The maximum absolute atomic E-state index is 13.0. The van der Waals surface area contributed by atoms with E-state index in [1.807, 2.05) is 0 Å². The van der Waals surface area contributed by atoms with Crippen LogP contribution >= 0.6 is 0 Å². The average molecular weight is 265 g/mol. The maximum atomic E-state index is 13.0. The van der Waals surface area contributed by atoms with Crippen molar-refractivity contribution in [2.24, 2.45) is 5.73 Å². The fraction of sp³-hybridized carbons (Fsp3) is 0.455. The van der Waals surface area contributed by atoms with Crippen molar-refractivity contribution in [3.05, 3.63) is 23.8 Å². The number of nitrogens with two attached hydrogens (primary N) is 1. The van der Waals surface area contributed by atoms with E-state index >= 15 is 0 Å². The van der Waals surface area contributed by atoms with Crippen LogP contribution in [0.5, 0.6) is 11.5 Å². The van der Waals surface area contributed by atoms with Crippen LogP contribution in [-0.4, -0.2) is 12.2 Å². The molecule has 0 saturated heterocycles. The average Bonchev–Trinajstić information content (AvgIpc) is 2.16. The van der Waals surface area contributed by atoms with Gasteiger partial charge in [-0.15, -0.1) is 0 Å². The molecule has 1 aromatic carbocycles. The van der Waals surface area contributed by atoms with Gasteiger partial charge >= 0.3 is 12.2 Å². The second-order valence-corrected chi connectivity index (χ2v) is 4.62. The van der Waals surface area contributed by atoms with Crippen LogP contribution in [0, 0.1) is 0 Å². The summed E-state index contributed by atoms with van der Waals surface area (Å²) in [6.07, 6.45) is -9.41. The Morgan fingerprint density at radius 1 is 1.00 bits per heavy atom. The van der Waals surface area contributed by atoms with Crippen molar-refractivity contribution in [2.45, 2.75) is 31.6 Å². The third kappa shape index (κ3) is 1.98. The smallest absolute Gasteiger partial charge is 0.421 e. The molecule has 2 rings (SSSR count). The lowest BCUT2D eigenvalue weighted by molar-refractivity contribution is -0.391. The van der Waals surface area contributed by atoms with Crippen molar-refractivity contribution in [3.8, 4) is 11.5 Å². The highest BCUT2D eigenvalue weighted by molar-refractivity contribution is 5.46. The van der Waals surface area contributed by atoms with Gasteiger partial charge in [-0.05, 0) is 31.5 Å². The number of benzene rings is 1. The van der Waals surface area contributed by atoms with Crippen LogP contribution < -0.4 is 15.2 Å². The highest BCUT2D eigenvalue weighted by Gasteiger charge is 2.65. The number of hydrogen-bond donors (Lipinski definition) is 1. The largest absolute Gasteiger partial charge is 0.507 e. The Hall–Kier alpha value is -1.50. The van der Waals surface area contributed by atoms with E-state index in [1.54, 1.807) is 13.8 Å². The summed E-state index contributed by atoms with van der Waals surface area (Å²) in [7, 11) is 0. The summed E-state index contributed by atoms with van der Waals surface area (Å²) in [5.41, 5.74) is 5.43. The molecule has 0 aromatic heterocycles. The molecule has 0 saturated carbocycles. The first-order valence-corrected chi connectivity index (χ1v) is 5.10. The fourth-order valence-corrected chi connectivity index (χ4v) is 1.47. The van der Waals surface area contributed by atoms with E-state index < -0.39 is 29.3 Å². The maximum Gasteiger partial charge on any atom is 0.507 e. The van der Waals surface area contributed by atoms with Gasteiger partial charge in [0.15, 0.2) is 11.5 Å². The van der Waals surface area contributed by atoms with E-state index in [1.165, 1.54) is 12.1 Å². The number of ether oxygens (including phenoxy) is 2. The first-order valence-electron chi connectivity index (χ1n) is 5.10. The summed E-state index contributed by atoms with van der Waals surface area (Å²) in [5, 5.41) is 0. The molecule has 1 aromatic rings. The molecule has 0 bridgehead atoms. The normalized spacial score (nSPS) is 20.6. The molecule has 0 spiro atoms. The van der Waals surface area contributed by atoms with Crippen molar-refractivity contribution in [2.75, 3.05) is 0 Å². The molecular formula is C11H11F4NO2. The van der Waals surface area contributed by atoms with Crippen LogP contribution in [0.15, 0.2) is 18.2 Å². The molecular weight excluding hydrogens is 254 g/mol. The van der Waals surface area contributed by atoms with Gasteiger partial charge in [-0.3, -0.25) is 0 Å². The van der Waals surface area contributed by atoms with Crippen LogP contribution in [0.1, 0.15) is 19.4 Å². The molecule has 0 radical (unpaired) electrons. The van der Waals surface area contributed by atoms with E-state index in [0.29, 0.717) is 5.56 Å². The molecule has 3 nitrogen and oxygen atoms in total. The highest BCUT2D eigenvalue weighted by atomic mass is 19.3. The standard InChI is InChI=1S/C11H11F4NO2/c1-9(2,16)6-3-4-7-8(5-6)18-11(14,15)10(12,13)17-7/h3-5H,16H2,1-2H3. The van der Waals surface area contributed by atoms with E-state index in [2.05, 4.69) is 9.47 Å². The Balaban J connectivity index is 2.46. The molecule has 1 aliphatic heterocycles. The summed E-state index contributed by atoms with van der Waals surface area (Å²) < 4.78 is 59.6. The molecule has 7 heteroatoms. The minimum Gasteiger partial charge on any atom is -0.421 e. The monoisotopic (exact) mass is 265 g/mol. The van der Waals surface area contributed by atoms with E-state index in [9.17, 15) is 17.6 Å². The van der Waals surface area contributed by atoms with Crippen LogP contribution in [-0.2, 0) is 5.54 Å². The minimum atomic E-state index is -4.71.